The molecule has 1 aliphatic carbocycles. The van der Waals surface area contributed by atoms with Crippen LogP contribution in [0.25, 0.3) is 0 Å². The monoisotopic (exact) mass is 339 g/mol. The summed E-state index contributed by atoms with van der Waals surface area (Å²) in [5, 5.41) is 0. The zero-order valence-electron chi connectivity index (χ0n) is 15.5. The van der Waals surface area contributed by atoms with E-state index in [2.05, 4.69) is 43.3 Å². The highest BCUT2D eigenvalue weighted by Gasteiger charge is 2.25. The van der Waals surface area contributed by atoms with Crippen molar-refractivity contribution < 1.29 is 9.47 Å². The summed E-state index contributed by atoms with van der Waals surface area (Å²) in [4.78, 5) is 0. The molecular formula is C22H29NO2. The average Bonchev–Trinajstić information content (AvgIpc) is 2.81. The third kappa shape index (κ3) is 3.67. The topological polar surface area (TPSA) is 44.5 Å². The van der Waals surface area contributed by atoms with Crippen LogP contribution < -0.4 is 15.2 Å². The summed E-state index contributed by atoms with van der Waals surface area (Å²) in [6.07, 6.45) is 5.21. The van der Waals surface area contributed by atoms with E-state index in [0.717, 1.165) is 43.6 Å². The van der Waals surface area contributed by atoms with E-state index in [-0.39, 0.29) is 6.04 Å². The van der Waals surface area contributed by atoms with Crippen LogP contribution in [0.3, 0.4) is 0 Å². The number of methoxy groups -OCH3 is 2. The van der Waals surface area contributed by atoms with E-state index < -0.39 is 0 Å². The van der Waals surface area contributed by atoms with E-state index in [0.29, 0.717) is 5.92 Å². The van der Waals surface area contributed by atoms with Crippen LogP contribution in [-0.2, 0) is 12.8 Å². The molecule has 2 atom stereocenters. The number of fused-ring (bicyclic) bond motifs is 2. The minimum Gasteiger partial charge on any atom is -0.493 e. The first-order chi connectivity index (χ1) is 12.2. The number of ether oxygens (including phenoxy) is 2. The van der Waals surface area contributed by atoms with E-state index in [1.54, 1.807) is 14.2 Å². The van der Waals surface area contributed by atoms with Gasteiger partial charge in [0.15, 0.2) is 11.5 Å². The van der Waals surface area contributed by atoms with Gasteiger partial charge in [0.2, 0.25) is 0 Å². The van der Waals surface area contributed by atoms with Gasteiger partial charge >= 0.3 is 0 Å². The summed E-state index contributed by atoms with van der Waals surface area (Å²) in [5.41, 5.74) is 11.8. The zero-order valence-corrected chi connectivity index (χ0v) is 15.5. The van der Waals surface area contributed by atoms with Gasteiger partial charge in [-0.2, -0.15) is 0 Å². The summed E-state index contributed by atoms with van der Waals surface area (Å²) in [5.74, 6) is 1.99. The molecule has 0 spiro atoms. The summed E-state index contributed by atoms with van der Waals surface area (Å²) in [6.45, 7) is 2.16. The Morgan fingerprint density at radius 3 is 2.40 bits per heavy atom. The molecule has 1 aliphatic rings. The molecule has 0 aromatic heterocycles. The van der Waals surface area contributed by atoms with Crippen LogP contribution in [-0.4, -0.2) is 20.3 Å². The first-order valence-electron chi connectivity index (χ1n) is 9.26. The molecule has 0 bridgehead atoms. The molecule has 3 rings (SSSR count). The summed E-state index contributed by atoms with van der Waals surface area (Å²) in [6, 6.07) is 13.4. The first-order valence-corrected chi connectivity index (χ1v) is 9.26. The zero-order chi connectivity index (χ0) is 17.8. The van der Waals surface area contributed by atoms with Gasteiger partial charge in [-0.3, -0.25) is 0 Å². The number of nitrogens with two attached hydrogens (primary N) is 1. The molecule has 25 heavy (non-hydrogen) atoms. The van der Waals surface area contributed by atoms with Gasteiger partial charge in [-0.1, -0.05) is 31.2 Å². The lowest BCUT2D eigenvalue weighted by Gasteiger charge is -2.23. The maximum atomic E-state index is 6.23. The van der Waals surface area contributed by atoms with Crippen LogP contribution in [0.2, 0.25) is 0 Å². The molecule has 0 heterocycles. The van der Waals surface area contributed by atoms with Crippen LogP contribution in [0.5, 0.6) is 11.5 Å². The Morgan fingerprint density at radius 2 is 1.68 bits per heavy atom. The predicted octanol–water partition coefficient (Wildman–Crippen LogP) is 4.45. The molecule has 134 valence electrons. The molecule has 0 radical (unpaired) electrons. The van der Waals surface area contributed by atoms with Crippen LogP contribution >= 0.6 is 0 Å². The van der Waals surface area contributed by atoms with Crippen molar-refractivity contribution in [1.82, 2.24) is 0 Å². The number of benzene rings is 2. The lowest BCUT2D eigenvalue weighted by atomic mass is 9.83. The third-order valence-corrected chi connectivity index (χ3v) is 5.47. The maximum Gasteiger partial charge on any atom is 0.161 e. The quantitative estimate of drug-likeness (QED) is 0.845. The van der Waals surface area contributed by atoms with Crippen molar-refractivity contribution in [3.8, 4) is 11.5 Å². The molecule has 2 aromatic carbocycles. The fourth-order valence-electron chi connectivity index (χ4n) is 3.91. The molecule has 2 N–H and O–H groups in total. The predicted molar refractivity (Wildman–Crippen MR) is 103 cm³/mol. The highest BCUT2D eigenvalue weighted by Crippen LogP contribution is 2.42. The van der Waals surface area contributed by atoms with E-state index in [1.807, 2.05) is 0 Å². The van der Waals surface area contributed by atoms with Crippen LogP contribution in [0, 0.1) is 0 Å². The molecule has 0 saturated heterocycles. The minimum absolute atomic E-state index is 0.263. The molecule has 0 fully saturated rings. The van der Waals surface area contributed by atoms with Gasteiger partial charge in [0, 0.05) is 12.0 Å². The SMILES string of the molecule is CCC(N)CCC1c2ccccc2CCc2cc(OC)c(OC)cc21. The Balaban J connectivity index is 2.07. The molecule has 2 aromatic rings. The normalized spacial score (nSPS) is 17.2. The largest absolute Gasteiger partial charge is 0.493 e. The van der Waals surface area contributed by atoms with Crippen LogP contribution in [0.4, 0.5) is 0 Å². The van der Waals surface area contributed by atoms with Crippen molar-refractivity contribution in [2.24, 2.45) is 5.73 Å². The summed E-state index contributed by atoms with van der Waals surface area (Å²) >= 11 is 0. The minimum atomic E-state index is 0.263. The van der Waals surface area contributed by atoms with E-state index in [4.69, 9.17) is 15.2 Å². The van der Waals surface area contributed by atoms with E-state index in [1.165, 1.54) is 22.3 Å². The van der Waals surface area contributed by atoms with Crippen molar-refractivity contribution in [3.63, 3.8) is 0 Å². The Hall–Kier alpha value is -2.00. The number of hydrogen-bond acceptors (Lipinski definition) is 3. The first kappa shape index (κ1) is 17.8. The van der Waals surface area contributed by atoms with E-state index in [9.17, 15) is 0 Å². The lowest BCUT2D eigenvalue weighted by molar-refractivity contribution is 0.353. The highest BCUT2D eigenvalue weighted by molar-refractivity contribution is 5.53. The molecule has 0 aliphatic heterocycles. The van der Waals surface area contributed by atoms with Gasteiger partial charge in [0.25, 0.3) is 0 Å². The third-order valence-electron chi connectivity index (χ3n) is 5.47. The fraction of sp³-hybridized carbons (Fsp3) is 0.455. The van der Waals surface area contributed by atoms with Gasteiger partial charge < -0.3 is 15.2 Å². The van der Waals surface area contributed by atoms with Gasteiger partial charge in [-0.15, -0.1) is 0 Å². The van der Waals surface area contributed by atoms with Gasteiger partial charge in [0.05, 0.1) is 14.2 Å². The molecule has 0 amide bonds. The average molecular weight is 339 g/mol. The number of aryl methyl sites for hydroxylation is 2. The number of hydrogen-bond donors (Lipinski definition) is 1. The smallest absolute Gasteiger partial charge is 0.161 e. The Bertz CT molecular complexity index is 726. The summed E-state index contributed by atoms with van der Waals surface area (Å²) < 4.78 is 11.1. The Labute approximate surface area is 151 Å². The maximum absolute atomic E-state index is 6.23. The molecule has 3 nitrogen and oxygen atoms in total. The Kier molecular flexibility index (Phi) is 5.64. The van der Waals surface area contributed by atoms with Gasteiger partial charge in [0.1, 0.15) is 0 Å². The molecular weight excluding hydrogens is 310 g/mol. The second kappa shape index (κ2) is 7.92. The summed E-state index contributed by atoms with van der Waals surface area (Å²) in [7, 11) is 3.41. The molecule has 2 unspecified atom stereocenters. The number of rotatable bonds is 6. The van der Waals surface area contributed by atoms with Crippen LogP contribution in [0.1, 0.15) is 54.4 Å². The molecule has 0 saturated carbocycles. The lowest BCUT2D eigenvalue weighted by Crippen LogP contribution is -2.20. The van der Waals surface area contributed by atoms with Crippen molar-refractivity contribution in [2.45, 2.75) is 51.0 Å². The highest BCUT2D eigenvalue weighted by atomic mass is 16.5. The second-order valence-electron chi connectivity index (χ2n) is 6.90. The van der Waals surface area contributed by atoms with Crippen molar-refractivity contribution >= 4 is 0 Å². The van der Waals surface area contributed by atoms with Crippen molar-refractivity contribution in [2.75, 3.05) is 14.2 Å². The van der Waals surface area contributed by atoms with Gasteiger partial charge in [-0.05, 0) is 66.5 Å². The molecule has 3 heteroatoms. The van der Waals surface area contributed by atoms with Crippen LogP contribution in [0.15, 0.2) is 36.4 Å². The van der Waals surface area contributed by atoms with Crippen molar-refractivity contribution in [1.29, 1.82) is 0 Å². The van der Waals surface area contributed by atoms with Crippen molar-refractivity contribution in [3.05, 3.63) is 58.7 Å². The Morgan fingerprint density at radius 1 is 1.00 bits per heavy atom. The second-order valence-corrected chi connectivity index (χ2v) is 6.90. The van der Waals surface area contributed by atoms with E-state index >= 15 is 0 Å². The van der Waals surface area contributed by atoms with Gasteiger partial charge in [-0.25, -0.2) is 0 Å². The fourth-order valence-corrected chi connectivity index (χ4v) is 3.91. The standard InChI is InChI=1S/C22H29NO2/c1-4-17(23)11-12-19-18-8-6-5-7-15(18)9-10-16-13-21(24-2)22(25-3)14-20(16)19/h5-8,13-14,17,19H,4,9-12,23H2,1-3H3.